The van der Waals surface area contributed by atoms with E-state index in [0.717, 1.165) is 23.4 Å². The Balaban J connectivity index is 2.54. The Bertz CT molecular complexity index is 517. The predicted octanol–water partition coefficient (Wildman–Crippen LogP) is 2.60. The van der Waals surface area contributed by atoms with Crippen LogP contribution in [0.1, 0.15) is 12.5 Å². The molecule has 0 aliphatic rings. The van der Waals surface area contributed by atoms with Crippen molar-refractivity contribution in [3.8, 4) is 11.3 Å². The smallest absolute Gasteiger partial charge is 0.131 e. The van der Waals surface area contributed by atoms with E-state index in [0.29, 0.717) is 5.82 Å². The molecule has 16 heavy (non-hydrogen) atoms. The standard InChI is InChI=1S/C12H14FN3/c1-3-16-7-15-11(12(16)14)10-5-4-9(13)6-8(10)2/h4-7H,3,14H2,1-2H3. The van der Waals surface area contributed by atoms with E-state index in [-0.39, 0.29) is 5.82 Å². The van der Waals surface area contributed by atoms with Crippen molar-refractivity contribution in [2.75, 3.05) is 5.73 Å². The average Bonchev–Trinajstić information content (AvgIpc) is 2.60. The maximum Gasteiger partial charge on any atom is 0.131 e. The molecule has 1 heterocycles. The Morgan fingerprint density at radius 2 is 2.19 bits per heavy atom. The summed E-state index contributed by atoms with van der Waals surface area (Å²) in [6.07, 6.45) is 1.70. The summed E-state index contributed by atoms with van der Waals surface area (Å²) < 4.78 is 14.8. The number of halogens is 1. The molecule has 1 aromatic carbocycles. The number of nitrogen functional groups attached to an aromatic ring is 1. The largest absolute Gasteiger partial charge is 0.383 e. The minimum Gasteiger partial charge on any atom is -0.383 e. The van der Waals surface area contributed by atoms with Crippen LogP contribution in [0.25, 0.3) is 11.3 Å². The second-order valence-electron chi connectivity index (χ2n) is 3.72. The van der Waals surface area contributed by atoms with Crippen LogP contribution in [0.5, 0.6) is 0 Å². The number of rotatable bonds is 2. The summed E-state index contributed by atoms with van der Waals surface area (Å²) in [5.41, 5.74) is 8.40. The first-order valence-electron chi connectivity index (χ1n) is 5.20. The number of nitrogens with zero attached hydrogens (tertiary/aromatic N) is 2. The Morgan fingerprint density at radius 1 is 1.44 bits per heavy atom. The Kier molecular flexibility index (Phi) is 2.64. The van der Waals surface area contributed by atoms with E-state index < -0.39 is 0 Å². The molecular weight excluding hydrogens is 205 g/mol. The third-order valence-corrected chi connectivity index (χ3v) is 2.66. The first-order chi connectivity index (χ1) is 7.63. The van der Waals surface area contributed by atoms with Crippen LogP contribution in [-0.2, 0) is 6.54 Å². The number of benzene rings is 1. The van der Waals surface area contributed by atoms with Gasteiger partial charge in [-0.3, -0.25) is 0 Å². The van der Waals surface area contributed by atoms with Gasteiger partial charge in [0.05, 0.1) is 6.33 Å². The van der Waals surface area contributed by atoms with Crippen molar-refractivity contribution >= 4 is 5.82 Å². The second-order valence-corrected chi connectivity index (χ2v) is 3.72. The molecule has 0 saturated heterocycles. The van der Waals surface area contributed by atoms with Crippen LogP contribution in [0.15, 0.2) is 24.5 Å². The predicted molar refractivity (Wildman–Crippen MR) is 62.4 cm³/mol. The van der Waals surface area contributed by atoms with Crippen LogP contribution in [0, 0.1) is 12.7 Å². The molecule has 0 amide bonds. The molecular formula is C12H14FN3. The first kappa shape index (κ1) is 10.7. The summed E-state index contributed by atoms with van der Waals surface area (Å²) in [5, 5.41) is 0. The summed E-state index contributed by atoms with van der Waals surface area (Å²) in [7, 11) is 0. The third-order valence-electron chi connectivity index (χ3n) is 2.66. The monoisotopic (exact) mass is 219 g/mol. The number of aryl methyl sites for hydroxylation is 2. The Labute approximate surface area is 93.7 Å². The van der Waals surface area contributed by atoms with Crippen LogP contribution in [0.4, 0.5) is 10.2 Å². The highest BCUT2D eigenvalue weighted by Crippen LogP contribution is 2.27. The number of aromatic nitrogens is 2. The molecule has 0 aliphatic heterocycles. The quantitative estimate of drug-likeness (QED) is 0.843. The van der Waals surface area contributed by atoms with Crippen LogP contribution in [-0.4, -0.2) is 9.55 Å². The molecule has 2 aromatic rings. The highest BCUT2D eigenvalue weighted by molar-refractivity contribution is 5.73. The number of nitrogens with two attached hydrogens (primary N) is 1. The molecule has 0 radical (unpaired) electrons. The van der Waals surface area contributed by atoms with Gasteiger partial charge in [-0.05, 0) is 37.6 Å². The zero-order chi connectivity index (χ0) is 11.7. The Morgan fingerprint density at radius 3 is 2.75 bits per heavy atom. The zero-order valence-corrected chi connectivity index (χ0v) is 9.37. The van der Waals surface area contributed by atoms with E-state index in [9.17, 15) is 4.39 Å². The van der Waals surface area contributed by atoms with Crippen LogP contribution < -0.4 is 5.73 Å². The van der Waals surface area contributed by atoms with Gasteiger partial charge in [-0.25, -0.2) is 9.37 Å². The highest BCUT2D eigenvalue weighted by atomic mass is 19.1. The van der Waals surface area contributed by atoms with Gasteiger partial charge >= 0.3 is 0 Å². The normalized spacial score (nSPS) is 10.7. The van der Waals surface area contributed by atoms with Crippen molar-refractivity contribution in [2.24, 2.45) is 0 Å². The molecule has 0 saturated carbocycles. The van der Waals surface area contributed by atoms with E-state index >= 15 is 0 Å². The van der Waals surface area contributed by atoms with Crippen molar-refractivity contribution < 1.29 is 4.39 Å². The summed E-state index contributed by atoms with van der Waals surface area (Å²) >= 11 is 0. The number of anilines is 1. The van der Waals surface area contributed by atoms with Crippen molar-refractivity contribution in [2.45, 2.75) is 20.4 Å². The summed E-state index contributed by atoms with van der Waals surface area (Å²) in [5.74, 6) is 0.381. The van der Waals surface area contributed by atoms with Crippen LogP contribution in [0.3, 0.4) is 0 Å². The summed E-state index contributed by atoms with van der Waals surface area (Å²) in [4.78, 5) is 4.26. The fourth-order valence-corrected chi connectivity index (χ4v) is 1.74. The van der Waals surface area contributed by atoms with Gasteiger partial charge in [-0.15, -0.1) is 0 Å². The lowest BCUT2D eigenvalue weighted by Crippen LogP contribution is -2.00. The molecule has 0 unspecified atom stereocenters. The molecule has 0 fully saturated rings. The molecule has 4 heteroatoms. The lowest BCUT2D eigenvalue weighted by atomic mass is 10.1. The second kappa shape index (κ2) is 3.96. The summed E-state index contributed by atoms with van der Waals surface area (Å²) in [6.45, 7) is 4.63. The minimum absolute atomic E-state index is 0.241. The van der Waals surface area contributed by atoms with Gasteiger partial charge in [-0.2, -0.15) is 0 Å². The molecule has 0 atom stereocenters. The molecule has 1 aromatic heterocycles. The lowest BCUT2D eigenvalue weighted by Gasteiger charge is -2.05. The fraction of sp³-hybridized carbons (Fsp3) is 0.250. The van der Waals surface area contributed by atoms with Crippen molar-refractivity contribution in [1.82, 2.24) is 9.55 Å². The highest BCUT2D eigenvalue weighted by Gasteiger charge is 2.11. The molecule has 3 nitrogen and oxygen atoms in total. The van der Waals surface area contributed by atoms with Gasteiger partial charge in [-0.1, -0.05) is 0 Å². The zero-order valence-electron chi connectivity index (χ0n) is 9.37. The van der Waals surface area contributed by atoms with Gasteiger partial charge in [0, 0.05) is 12.1 Å². The van der Waals surface area contributed by atoms with Crippen molar-refractivity contribution in [3.63, 3.8) is 0 Å². The van der Waals surface area contributed by atoms with Crippen molar-refractivity contribution in [3.05, 3.63) is 35.9 Å². The average molecular weight is 219 g/mol. The van der Waals surface area contributed by atoms with Gasteiger partial charge in [0.25, 0.3) is 0 Å². The van der Waals surface area contributed by atoms with E-state index in [1.165, 1.54) is 12.1 Å². The number of hydrogen-bond donors (Lipinski definition) is 1. The summed E-state index contributed by atoms with van der Waals surface area (Å²) in [6, 6.07) is 4.62. The molecule has 2 rings (SSSR count). The molecule has 2 N–H and O–H groups in total. The van der Waals surface area contributed by atoms with Gasteiger partial charge in [0.15, 0.2) is 0 Å². The van der Waals surface area contributed by atoms with Crippen LogP contribution >= 0.6 is 0 Å². The molecule has 0 spiro atoms. The van der Waals surface area contributed by atoms with E-state index in [4.69, 9.17) is 5.73 Å². The SMILES string of the molecule is CCn1cnc(-c2ccc(F)cc2C)c1N. The number of hydrogen-bond acceptors (Lipinski definition) is 2. The topological polar surface area (TPSA) is 43.8 Å². The maximum atomic E-state index is 13.0. The molecule has 0 aliphatic carbocycles. The van der Waals surface area contributed by atoms with Gasteiger partial charge in [0.2, 0.25) is 0 Å². The maximum absolute atomic E-state index is 13.0. The van der Waals surface area contributed by atoms with E-state index in [1.807, 2.05) is 18.4 Å². The Hall–Kier alpha value is -1.84. The fourth-order valence-electron chi connectivity index (χ4n) is 1.74. The van der Waals surface area contributed by atoms with Gasteiger partial charge < -0.3 is 10.3 Å². The molecule has 0 bridgehead atoms. The third kappa shape index (κ3) is 1.66. The van der Waals surface area contributed by atoms with Crippen LogP contribution in [0.2, 0.25) is 0 Å². The lowest BCUT2D eigenvalue weighted by molar-refractivity contribution is 0.627. The minimum atomic E-state index is -0.241. The first-order valence-corrected chi connectivity index (χ1v) is 5.20. The van der Waals surface area contributed by atoms with E-state index in [1.54, 1.807) is 12.4 Å². The van der Waals surface area contributed by atoms with E-state index in [2.05, 4.69) is 4.98 Å². The van der Waals surface area contributed by atoms with Crippen molar-refractivity contribution in [1.29, 1.82) is 0 Å². The number of imidazole rings is 1. The molecule has 84 valence electrons. The van der Waals surface area contributed by atoms with Gasteiger partial charge in [0.1, 0.15) is 17.3 Å².